The zero-order valence-electron chi connectivity index (χ0n) is 23.1. The van der Waals surface area contributed by atoms with Crippen LogP contribution in [0.15, 0.2) is 11.6 Å². The number of aliphatic hydroxyl groups excluding tert-OH is 1. The Labute approximate surface area is 223 Å². The summed E-state index contributed by atoms with van der Waals surface area (Å²) in [7, 11) is 1.60. The number of aliphatic hydroxyl groups is 2. The number of fused-ring (bicyclic) bond motifs is 3. The van der Waals surface area contributed by atoms with Crippen molar-refractivity contribution in [3.8, 4) is 0 Å². The highest BCUT2D eigenvalue weighted by Gasteiger charge is 2.84. The summed E-state index contributed by atoms with van der Waals surface area (Å²) >= 11 is 0. The van der Waals surface area contributed by atoms with Crippen LogP contribution in [0.5, 0.6) is 0 Å². The molecule has 6 aliphatic rings. The molecule has 6 rings (SSSR count). The van der Waals surface area contributed by atoms with Gasteiger partial charge in [0.05, 0.1) is 23.0 Å². The quantitative estimate of drug-likeness (QED) is 0.295. The van der Waals surface area contributed by atoms with Crippen molar-refractivity contribution in [2.24, 2.45) is 22.7 Å². The molecule has 212 valence electrons. The largest absolute Gasteiger partial charge is 0.465 e. The van der Waals surface area contributed by atoms with Crippen molar-refractivity contribution in [1.82, 2.24) is 0 Å². The van der Waals surface area contributed by atoms with Crippen LogP contribution in [0.25, 0.3) is 0 Å². The summed E-state index contributed by atoms with van der Waals surface area (Å²) in [5.41, 5.74) is -4.24. The number of hydrogen-bond donors (Lipinski definition) is 2. The third-order valence-corrected chi connectivity index (χ3v) is 10.6. The van der Waals surface area contributed by atoms with Gasteiger partial charge >= 0.3 is 17.9 Å². The first kappa shape index (κ1) is 27.6. The van der Waals surface area contributed by atoms with Crippen LogP contribution in [0.3, 0.4) is 0 Å². The van der Waals surface area contributed by atoms with E-state index in [9.17, 15) is 24.6 Å². The average molecular weight is 537 g/mol. The van der Waals surface area contributed by atoms with E-state index in [1.165, 1.54) is 20.8 Å². The molecule has 0 amide bonds. The van der Waals surface area contributed by atoms with Crippen molar-refractivity contribution in [2.75, 3.05) is 13.7 Å². The number of ether oxygens (including phenoxy) is 5. The van der Waals surface area contributed by atoms with Crippen LogP contribution in [-0.4, -0.2) is 77.1 Å². The van der Waals surface area contributed by atoms with Gasteiger partial charge < -0.3 is 33.9 Å². The Morgan fingerprint density at radius 2 is 1.79 bits per heavy atom. The molecule has 5 fully saturated rings. The van der Waals surface area contributed by atoms with E-state index in [2.05, 4.69) is 6.92 Å². The Bertz CT molecular complexity index is 1070. The molecule has 2 aliphatic heterocycles. The molecule has 1 spiro atoms. The monoisotopic (exact) mass is 536 g/mol. The summed E-state index contributed by atoms with van der Waals surface area (Å²) < 4.78 is 30.6. The standard InChI is InChI=1S/C28H40O10/c1-15(29)20-7-8-27(33)23-21(36-17(3)31)11-19-12-26(34-6)10-9-24(19,5)28(23,38-26)22(37-18(4)32)13-25(20,27)14-35-16(2)30/h7,15,19,21-23,29,33H,8-14H2,1-6H3/t15?,19?,21?,22?,23-,24-,25-,26?,27+,28+/m0/s1. The number of rotatable bonds is 6. The van der Waals surface area contributed by atoms with Gasteiger partial charge in [-0.2, -0.15) is 0 Å². The third kappa shape index (κ3) is 3.42. The van der Waals surface area contributed by atoms with Crippen molar-refractivity contribution < 1.29 is 48.3 Å². The Balaban J connectivity index is 1.78. The summed E-state index contributed by atoms with van der Waals surface area (Å²) in [6.07, 6.45) is 1.73. The van der Waals surface area contributed by atoms with Gasteiger partial charge in [0.2, 0.25) is 0 Å². The molecular weight excluding hydrogens is 496 g/mol. The first-order valence-corrected chi connectivity index (χ1v) is 13.5. The van der Waals surface area contributed by atoms with Crippen molar-refractivity contribution in [2.45, 2.75) is 108 Å². The van der Waals surface area contributed by atoms with Crippen LogP contribution in [0, 0.1) is 22.7 Å². The lowest BCUT2D eigenvalue weighted by molar-refractivity contribution is -0.459. The Morgan fingerprint density at radius 3 is 2.37 bits per heavy atom. The highest BCUT2D eigenvalue weighted by Crippen LogP contribution is 2.75. The van der Waals surface area contributed by atoms with Crippen LogP contribution < -0.4 is 0 Å². The molecule has 2 saturated heterocycles. The summed E-state index contributed by atoms with van der Waals surface area (Å²) in [6.45, 7) is 7.42. The van der Waals surface area contributed by atoms with Crippen molar-refractivity contribution in [1.29, 1.82) is 0 Å². The van der Waals surface area contributed by atoms with Crippen molar-refractivity contribution >= 4 is 17.9 Å². The van der Waals surface area contributed by atoms with Gasteiger partial charge in [-0.3, -0.25) is 14.4 Å². The van der Waals surface area contributed by atoms with Crippen LogP contribution in [0.2, 0.25) is 0 Å². The molecule has 5 unspecified atom stereocenters. The van der Waals surface area contributed by atoms with Crippen LogP contribution in [-0.2, 0) is 38.1 Å². The molecule has 4 aliphatic carbocycles. The molecule has 2 N–H and O–H groups in total. The van der Waals surface area contributed by atoms with E-state index in [0.717, 1.165) is 0 Å². The second-order valence-electron chi connectivity index (χ2n) is 12.3. The minimum Gasteiger partial charge on any atom is -0.465 e. The number of esters is 3. The molecule has 38 heavy (non-hydrogen) atoms. The molecule has 10 nitrogen and oxygen atoms in total. The van der Waals surface area contributed by atoms with E-state index < -0.39 is 70.0 Å². The Kier molecular flexibility index (Phi) is 6.34. The summed E-state index contributed by atoms with van der Waals surface area (Å²) in [5, 5.41) is 23.8. The Hall–Kier alpha value is -2.01. The summed E-state index contributed by atoms with van der Waals surface area (Å²) in [6, 6.07) is 0. The predicted octanol–water partition coefficient (Wildman–Crippen LogP) is 2.18. The normalized spacial score (nSPS) is 47.3. The van der Waals surface area contributed by atoms with Gasteiger partial charge in [0.15, 0.2) is 5.79 Å². The maximum absolute atomic E-state index is 12.9. The van der Waals surface area contributed by atoms with E-state index in [4.69, 9.17) is 23.7 Å². The molecule has 0 aromatic carbocycles. The van der Waals surface area contributed by atoms with Gasteiger partial charge in [0, 0.05) is 52.6 Å². The predicted molar refractivity (Wildman–Crippen MR) is 131 cm³/mol. The smallest absolute Gasteiger partial charge is 0.303 e. The van der Waals surface area contributed by atoms with Gasteiger partial charge in [0.25, 0.3) is 0 Å². The molecular formula is C28H40O10. The number of carbonyl (C=O) groups is 3. The Morgan fingerprint density at radius 1 is 1.11 bits per heavy atom. The molecule has 0 aromatic rings. The fourth-order valence-electron chi connectivity index (χ4n) is 9.18. The van der Waals surface area contributed by atoms with E-state index in [1.54, 1.807) is 20.1 Å². The lowest BCUT2D eigenvalue weighted by atomic mass is 9.37. The molecule has 0 radical (unpaired) electrons. The fourth-order valence-corrected chi connectivity index (χ4v) is 9.18. The van der Waals surface area contributed by atoms with Crippen LogP contribution in [0.4, 0.5) is 0 Å². The average Bonchev–Trinajstić information content (AvgIpc) is 3.10. The zero-order chi connectivity index (χ0) is 27.9. The first-order chi connectivity index (χ1) is 17.7. The lowest BCUT2D eigenvalue weighted by Gasteiger charge is -2.76. The van der Waals surface area contributed by atoms with E-state index in [-0.39, 0.29) is 25.4 Å². The van der Waals surface area contributed by atoms with Crippen LogP contribution in [0.1, 0.15) is 73.1 Å². The van der Waals surface area contributed by atoms with Crippen molar-refractivity contribution in [3.63, 3.8) is 0 Å². The molecule has 0 aromatic heterocycles. The van der Waals surface area contributed by atoms with Gasteiger partial charge in [0.1, 0.15) is 24.4 Å². The molecule has 10 atom stereocenters. The highest BCUT2D eigenvalue weighted by molar-refractivity contribution is 5.67. The number of methoxy groups -OCH3 is 1. The first-order valence-electron chi connectivity index (χ1n) is 13.5. The molecule has 3 saturated carbocycles. The lowest BCUT2D eigenvalue weighted by Crippen LogP contribution is -2.85. The fraction of sp³-hybridized carbons (Fsp3) is 0.821. The second kappa shape index (κ2) is 8.74. The van der Waals surface area contributed by atoms with Gasteiger partial charge in [-0.15, -0.1) is 0 Å². The van der Waals surface area contributed by atoms with Crippen molar-refractivity contribution in [3.05, 3.63) is 11.6 Å². The topological polar surface area (TPSA) is 138 Å². The van der Waals surface area contributed by atoms with E-state index >= 15 is 0 Å². The molecule has 10 heteroatoms. The minimum atomic E-state index is -1.65. The minimum absolute atomic E-state index is 0.0128. The summed E-state index contributed by atoms with van der Waals surface area (Å²) in [4.78, 5) is 37.1. The molecule has 2 heterocycles. The SMILES string of the molecule is COC12CC[C@@]3(C)C(CC(OC(C)=O)[C@H]4[C@]5(O)CC=C(C(C)O)[C@@]5(COC(C)=O)CC(OC(C)=O)[C@@]43O1)C2. The maximum Gasteiger partial charge on any atom is 0.303 e. The summed E-state index contributed by atoms with van der Waals surface area (Å²) in [5.74, 6) is -3.35. The zero-order valence-corrected chi connectivity index (χ0v) is 23.1. The maximum atomic E-state index is 12.9. The van der Waals surface area contributed by atoms with E-state index in [1.807, 2.05) is 0 Å². The highest BCUT2D eigenvalue weighted by atomic mass is 16.7. The molecule has 4 bridgehead atoms. The number of carbonyl (C=O) groups excluding carboxylic acids is 3. The van der Waals surface area contributed by atoms with Crippen LogP contribution >= 0.6 is 0 Å². The third-order valence-electron chi connectivity index (χ3n) is 10.6. The van der Waals surface area contributed by atoms with Gasteiger partial charge in [-0.05, 0) is 37.7 Å². The van der Waals surface area contributed by atoms with E-state index in [0.29, 0.717) is 31.3 Å². The van der Waals surface area contributed by atoms with Gasteiger partial charge in [-0.1, -0.05) is 13.0 Å². The van der Waals surface area contributed by atoms with Gasteiger partial charge in [-0.25, -0.2) is 0 Å². The number of hydrogen-bond acceptors (Lipinski definition) is 10. The second-order valence-corrected chi connectivity index (χ2v) is 12.3.